The minimum absolute atomic E-state index is 0.0960. The zero-order chi connectivity index (χ0) is 15.1. The summed E-state index contributed by atoms with van der Waals surface area (Å²) in [5, 5.41) is 15.1. The quantitative estimate of drug-likeness (QED) is 0.790. The molecule has 2 unspecified atom stereocenters. The molecule has 2 atom stereocenters. The zero-order valence-corrected chi connectivity index (χ0v) is 12.0. The number of rotatable bonds is 5. The Bertz CT molecular complexity index is 558. The lowest BCUT2D eigenvalue weighted by Crippen LogP contribution is -2.40. The van der Waals surface area contributed by atoms with E-state index >= 15 is 0 Å². The largest absolute Gasteiger partial charge is 0.394 e. The minimum Gasteiger partial charge on any atom is -0.394 e. The van der Waals surface area contributed by atoms with Crippen molar-refractivity contribution < 1.29 is 9.90 Å². The monoisotopic (exact) mass is 284 g/mol. The Morgan fingerprint density at radius 2 is 1.48 bits per heavy atom. The van der Waals surface area contributed by atoms with Crippen molar-refractivity contribution in [3.05, 3.63) is 71.8 Å². The van der Waals surface area contributed by atoms with Crippen LogP contribution in [0.5, 0.6) is 0 Å². The fourth-order valence-electron chi connectivity index (χ4n) is 2.14. The number of aliphatic hydroxyl groups is 1. The van der Waals surface area contributed by atoms with Crippen LogP contribution in [0.15, 0.2) is 60.7 Å². The van der Waals surface area contributed by atoms with Crippen LogP contribution in [0.3, 0.4) is 0 Å². The molecule has 2 amide bonds. The van der Waals surface area contributed by atoms with Crippen molar-refractivity contribution in [2.24, 2.45) is 0 Å². The molecule has 0 heterocycles. The second kappa shape index (κ2) is 7.45. The smallest absolute Gasteiger partial charge is 0.315 e. The lowest BCUT2D eigenvalue weighted by Gasteiger charge is -2.20. The van der Waals surface area contributed by atoms with Gasteiger partial charge in [0.25, 0.3) is 0 Å². The van der Waals surface area contributed by atoms with Gasteiger partial charge in [-0.1, -0.05) is 60.7 Å². The van der Waals surface area contributed by atoms with Crippen molar-refractivity contribution in [1.82, 2.24) is 10.6 Å². The summed E-state index contributed by atoms with van der Waals surface area (Å²) in [6.07, 6.45) is 0. The van der Waals surface area contributed by atoms with Crippen molar-refractivity contribution >= 4 is 6.03 Å². The van der Waals surface area contributed by atoms with Gasteiger partial charge in [-0.15, -0.1) is 0 Å². The molecule has 0 spiro atoms. The number of hydrogen-bond acceptors (Lipinski definition) is 2. The van der Waals surface area contributed by atoms with Gasteiger partial charge in [-0.05, 0) is 18.1 Å². The normalized spacial score (nSPS) is 13.2. The predicted octanol–water partition coefficient (Wildman–Crippen LogP) is 2.78. The van der Waals surface area contributed by atoms with E-state index in [1.807, 2.05) is 67.6 Å². The molecule has 4 heteroatoms. The number of carbonyl (C=O) groups excluding carboxylic acids is 1. The third kappa shape index (κ3) is 4.33. The van der Waals surface area contributed by atoms with E-state index in [0.717, 1.165) is 11.1 Å². The summed E-state index contributed by atoms with van der Waals surface area (Å²) in [6, 6.07) is 18.3. The predicted molar refractivity (Wildman–Crippen MR) is 82.8 cm³/mol. The van der Waals surface area contributed by atoms with Crippen molar-refractivity contribution in [2.45, 2.75) is 19.0 Å². The molecule has 3 N–H and O–H groups in total. The lowest BCUT2D eigenvalue weighted by atomic mass is 10.1. The maximum absolute atomic E-state index is 12.0. The third-order valence-electron chi connectivity index (χ3n) is 3.34. The Balaban J connectivity index is 1.94. The van der Waals surface area contributed by atoms with Gasteiger partial charge in [0.1, 0.15) is 0 Å². The van der Waals surface area contributed by atoms with Gasteiger partial charge in [-0.25, -0.2) is 4.79 Å². The van der Waals surface area contributed by atoms with Crippen LogP contribution in [-0.4, -0.2) is 17.7 Å². The van der Waals surface area contributed by atoms with Gasteiger partial charge in [-0.2, -0.15) is 0 Å². The van der Waals surface area contributed by atoms with E-state index in [4.69, 9.17) is 0 Å². The summed E-state index contributed by atoms with van der Waals surface area (Å²) < 4.78 is 0. The van der Waals surface area contributed by atoms with E-state index in [9.17, 15) is 9.90 Å². The second-order valence-corrected chi connectivity index (χ2v) is 4.90. The van der Waals surface area contributed by atoms with Crippen LogP contribution in [0.1, 0.15) is 30.1 Å². The fraction of sp³-hybridized carbons (Fsp3) is 0.235. The highest BCUT2D eigenvalue weighted by atomic mass is 16.3. The molecule has 0 aliphatic heterocycles. The topological polar surface area (TPSA) is 61.4 Å². The highest BCUT2D eigenvalue weighted by molar-refractivity contribution is 5.75. The van der Waals surface area contributed by atoms with Gasteiger partial charge in [0.2, 0.25) is 0 Å². The third-order valence-corrected chi connectivity index (χ3v) is 3.34. The highest BCUT2D eigenvalue weighted by Gasteiger charge is 2.15. The molecule has 0 fully saturated rings. The number of benzene rings is 2. The van der Waals surface area contributed by atoms with Gasteiger partial charge < -0.3 is 15.7 Å². The number of amides is 2. The molecule has 4 nitrogen and oxygen atoms in total. The molecule has 0 aliphatic carbocycles. The summed E-state index contributed by atoms with van der Waals surface area (Å²) in [5.74, 6) is 0. The van der Waals surface area contributed by atoms with Crippen LogP contribution < -0.4 is 10.6 Å². The Morgan fingerprint density at radius 1 is 0.952 bits per heavy atom. The van der Waals surface area contributed by atoms with Crippen LogP contribution in [0.25, 0.3) is 0 Å². The van der Waals surface area contributed by atoms with Crippen LogP contribution in [0.2, 0.25) is 0 Å². The molecule has 2 aromatic carbocycles. The van der Waals surface area contributed by atoms with Crippen LogP contribution in [0, 0.1) is 0 Å². The molecule has 0 radical (unpaired) electrons. The van der Waals surface area contributed by atoms with E-state index in [1.165, 1.54) is 0 Å². The van der Waals surface area contributed by atoms with Crippen LogP contribution >= 0.6 is 0 Å². The Morgan fingerprint density at radius 3 is 2.00 bits per heavy atom. The number of carbonyl (C=O) groups is 1. The maximum atomic E-state index is 12.0. The van der Waals surface area contributed by atoms with Crippen molar-refractivity contribution in [3.63, 3.8) is 0 Å². The van der Waals surface area contributed by atoms with Gasteiger partial charge in [0.15, 0.2) is 0 Å². The standard InChI is InChI=1S/C17H20N2O2/c1-13(14-8-4-2-5-9-14)18-17(21)19-16(12-20)15-10-6-3-7-11-15/h2-11,13,16,20H,12H2,1H3,(H2,18,19,21). The summed E-state index contributed by atoms with van der Waals surface area (Å²) in [6.45, 7) is 1.78. The van der Waals surface area contributed by atoms with Crippen molar-refractivity contribution in [3.8, 4) is 0 Å². The van der Waals surface area contributed by atoms with Crippen LogP contribution in [-0.2, 0) is 0 Å². The summed E-state index contributed by atoms with van der Waals surface area (Å²) in [7, 11) is 0. The van der Waals surface area contributed by atoms with E-state index in [-0.39, 0.29) is 18.7 Å². The molecule has 0 aliphatic rings. The Hall–Kier alpha value is -2.33. The zero-order valence-electron chi connectivity index (χ0n) is 12.0. The number of urea groups is 1. The van der Waals surface area contributed by atoms with Gasteiger partial charge in [0.05, 0.1) is 18.7 Å². The lowest BCUT2D eigenvalue weighted by molar-refractivity contribution is 0.214. The van der Waals surface area contributed by atoms with Crippen molar-refractivity contribution in [1.29, 1.82) is 0 Å². The summed E-state index contributed by atoms with van der Waals surface area (Å²) >= 11 is 0. The summed E-state index contributed by atoms with van der Waals surface area (Å²) in [4.78, 5) is 12.0. The van der Waals surface area contributed by atoms with Crippen LogP contribution in [0.4, 0.5) is 4.79 Å². The molecule has 2 aromatic rings. The first kappa shape index (κ1) is 15.1. The Labute approximate surface area is 124 Å². The highest BCUT2D eigenvalue weighted by Crippen LogP contribution is 2.13. The second-order valence-electron chi connectivity index (χ2n) is 4.90. The van der Waals surface area contributed by atoms with E-state index in [2.05, 4.69) is 10.6 Å². The molecule has 110 valence electrons. The molecule has 2 rings (SSSR count). The minimum atomic E-state index is -0.408. The van der Waals surface area contributed by atoms with E-state index in [1.54, 1.807) is 0 Å². The number of hydrogen-bond donors (Lipinski definition) is 3. The van der Waals surface area contributed by atoms with Gasteiger partial charge >= 0.3 is 6.03 Å². The van der Waals surface area contributed by atoms with Crippen molar-refractivity contribution in [2.75, 3.05) is 6.61 Å². The SMILES string of the molecule is CC(NC(=O)NC(CO)c1ccccc1)c1ccccc1. The Kier molecular flexibility index (Phi) is 5.35. The first-order valence-corrected chi connectivity index (χ1v) is 6.98. The fourth-order valence-corrected chi connectivity index (χ4v) is 2.14. The first-order valence-electron chi connectivity index (χ1n) is 6.98. The number of aliphatic hydroxyl groups excluding tert-OH is 1. The molecule has 0 saturated carbocycles. The average molecular weight is 284 g/mol. The molecule has 0 bridgehead atoms. The molecule has 0 saturated heterocycles. The van der Waals surface area contributed by atoms with E-state index < -0.39 is 6.04 Å². The van der Waals surface area contributed by atoms with Gasteiger partial charge in [0, 0.05) is 0 Å². The maximum Gasteiger partial charge on any atom is 0.315 e. The number of nitrogens with one attached hydrogen (secondary N) is 2. The first-order chi connectivity index (χ1) is 10.2. The molecule has 21 heavy (non-hydrogen) atoms. The molecular weight excluding hydrogens is 264 g/mol. The average Bonchev–Trinajstić information content (AvgIpc) is 2.54. The molecular formula is C17H20N2O2. The van der Waals surface area contributed by atoms with E-state index in [0.29, 0.717) is 0 Å². The molecule has 0 aromatic heterocycles. The van der Waals surface area contributed by atoms with Gasteiger partial charge in [-0.3, -0.25) is 0 Å². The summed E-state index contributed by atoms with van der Waals surface area (Å²) in [5.41, 5.74) is 1.91.